The minimum absolute atomic E-state index is 0.693. The predicted molar refractivity (Wildman–Crippen MR) is 82.4 cm³/mol. The van der Waals surface area contributed by atoms with Crippen LogP contribution in [0.25, 0.3) is 0 Å². The molecular formula is C16H29N3. The molecule has 1 atom stereocenters. The van der Waals surface area contributed by atoms with Gasteiger partial charge < -0.3 is 10.2 Å². The Hall–Kier alpha value is -0.930. The standard InChI is InChI=1S/C16H29N3/c1-4-16(18-5-2)7-6-13-19(3)14-10-15-8-11-17-12-9-15/h8-9,11-12,16,18H,4-7,10,13-14H2,1-3H3. The highest BCUT2D eigenvalue weighted by Crippen LogP contribution is 2.04. The molecule has 0 aromatic carbocycles. The fraction of sp³-hybridized carbons (Fsp3) is 0.688. The van der Waals surface area contributed by atoms with Crippen LogP contribution in [-0.2, 0) is 6.42 Å². The summed E-state index contributed by atoms with van der Waals surface area (Å²) in [6.45, 7) is 7.84. The largest absolute Gasteiger partial charge is 0.314 e. The molecule has 3 heteroatoms. The fourth-order valence-corrected chi connectivity index (χ4v) is 2.33. The lowest BCUT2D eigenvalue weighted by molar-refractivity contribution is 0.318. The molecule has 1 aromatic heterocycles. The molecule has 0 amide bonds. The van der Waals surface area contributed by atoms with Gasteiger partial charge in [-0.15, -0.1) is 0 Å². The van der Waals surface area contributed by atoms with Crippen molar-refractivity contribution in [3.8, 4) is 0 Å². The molecular weight excluding hydrogens is 234 g/mol. The quantitative estimate of drug-likeness (QED) is 0.703. The Labute approximate surface area is 118 Å². The average Bonchev–Trinajstić information content (AvgIpc) is 2.45. The van der Waals surface area contributed by atoms with Gasteiger partial charge in [0.2, 0.25) is 0 Å². The highest BCUT2D eigenvalue weighted by molar-refractivity contribution is 5.09. The highest BCUT2D eigenvalue weighted by Gasteiger charge is 2.05. The highest BCUT2D eigenvalue weighted by atomic mass is 15.1. The van der Waals surface area contributed by atoms with Crippen LogP contribution in [0.2, 0.25) is 0 Å². The molecule has 1 aromatic rings. The third-order valence-electron chi connectivity index (χ3n) is 3.61. The number of nitrogens with zero attached hydrogens (tertiary/aromatic N) is 2. The van der Waals surface area contributed by atoms with Gasteiger partial charge in [-0.1, -0.05) is 13.8 Å². The molecule has 0 saturated carbocycles. The van der Waals surface area contributed by atoms with Gasteiger partial charge in [0.1, 0.15) is 0 Å². The van der Waals surface area contributed by atoms with E-state index in [0.717, 1.165) is 19.5 Å². The van der Waals surface area contributed by atoms with Gasteiger partial charge in [-0.3, -0.25) is 4.98 Å². The molecule has 0 fully saturated rings. The molecule has 0 radical (unpaired) electrons. The van der Waals surface area contributed by atoms with Gasteiger partial charge in [0.05, 0.1) is 0 Å². The molecule has 1 rings (SSSR count). The number of rotatable bonds is 10. The molecule has 108 valence electrons. The van der Waals surface area contributed by atoms with Crippen LogP contribution in [0.15, 0.2) is 24.5 Å². The molecule has 0 aliphatic carbocycles. The Kier molecular flexibility index (Phi) is 8.43. The summed E-state index contributed by atoms with van der Waals surface area (Å²) >= 11 is 0. The maximum Gasteiger partial charge on any atom is 0.0270 e. The van der Waals surface area contributed by atoms with Crippen LogP contribution in [-0.4, -0.2) is 42.6 Å². The number of likely N-dealkylation sites (N-methyl/N-ethyl adjacent to an activating group) is 1. The number of nitrogens with one attached hydrogen (secondary N) is 1. The second-order valence-electron chi connectivity index (χ2n) is 5.21. The Morgan fingerprint density at radius 3 is 2.58 bits per heavy atom. The van der Waals surface area contributed by atoms with Crippen molar-refractivity contribution in [2.24, 2.45) is 0 Å². The van der Waals surface area contributed by atoms with Gasteiger partial charge in [0.15, 0.2) is 0 Å². The van der Waals surface area contributed by atoms with Crippen molar-refractivity contribution < 1.29 is 0 Å². The molecule has 0 bridgehead atoms. The zero-order chi connectivity index (χ0) is 13.9. The van der Waals surface area contributed by atoms with E-state index in [2.05, 4.69) is 48.2 Å². The van der Waals surface area contributed by atoms with Crippen molar-refractivity contribution in [3.05, 3.63) is 30.1 Å². The van der Waals surface area contributed by atoms with Crippen LogP contribution >= 0.6 is 0 Å². The first kappa shape index (κ1) is 16.1. The lowest BCUT2D eigenvalue weighted by Gasteiger charge is -2.19. The normalized spacial score (nSPS) is 12.8. The van der Waals surface area contributed by atoms with E-state index in [9.17, 15) is 0 Å². The van der Waals surface area contributed by atoms with Crippen molar-refractivity contribution in [2.75, 3.05) is 26.7 Å². The summed E-state index contributed by atoms with van der Waals surface area (Å²) in [6.07, 6.45) is 8.65. The van der Waals surface area contributed by atoms with Gasteiger partial charge in [-0.05, 0) is 63.5 Å². The minimum Gasteiger partial charge on any atom is -0.314 e. The monoisotopic (exact) mass is 263 g/mol. The Bertz CT molecular complexity index is 313. The van der Waals surface area contributed by atoms with E-state index in [4.69, 9.17) is 0 Å². The smallest absolute Gasteiger partial charge is 0.0270 e. The third kappa shape index (κ3) is 7.28. The molecule has 1 N–H and O–H groups in total. The fourth-order valence-electron chi connectivity index (χ4n) is 2.33. The number of aromatic nitrogens is 1. The second-order valence-corrected chi connectivity index (χ2v) is 5.21. The van der Waals surface area contributed by atoms with E-state index >= 15 is 0 Å². The molecule has 0 aliphatic rings. The predicted octanol–water partition coefficient (Wildman–Crippen LogP) is 2.72. The molecule has 3 nitrogen and oxygen atoms in total. The van der Waals surface area contributed by atoms with Gasteiger partial charge in [0.25, 0.3) is 0 Å². The van der Waals surface area contributed by atoms with E-state index in [1.165, 1.54) is 31.4 Å². The first-order chi connectivity index (χ1) is 9.26. The summed E-state index contributed by atoms with van der Waals surface area (Å²) in [5.41, 5.74) is 1.38. The zero-order valence-electron chi connectivity index (χ0n) is 12.7. The number of pyridine rings is 1. The van der Waals surface area contributed by atoms with Crippen LogP contribution < -0.4 is 5.32 Å². The topological polar surface area (TPSA) is 28.2 Å². The minimum atomic E-state index is 0.693. The van der Waals surface area contributed by atoms with Gasteiger partial charge in [0, 0.05) is 25.0 Å². The zero-order valence-corrected chi connectivity index (χ0v) is 12.7. The summed E-state index contributed by atoms with van der Waals surface area (Å²) in [6, 6.07) is 4.90. The van der Waals surface area contributed by atoms with Gasteiger partial charge in [-0.2, -0.15) is 0 Å². The number of hydrogen-bond acceptors (Lipinski definition) is 3. The van der Waals surface area contributed by atoms with E-state index in [1.54, 1.807) is 0 Å². The molecule has 1 heterocycles. The van der Waals surface area contributed by atoms with E-state index < -0.39 is 0 Å². The second kappa shape index (κ2) is 9.93. The van der Waals surface area contributed by atoms with E-state index in [1.807, 2.05) is 12.4 Å². The van der Waals surface area contributed by atoms with Crippen molar-refractivity contribution in [3.63, 3.8) is 0 Å². The van der Waals surface area contributed by atoms with Crippen LogP contribution in [0.3, 0.4) is 0 Å². The van der Waals surface area contributed by atoms with Gasteiger partial charge >= 0.3 is 0 Å². The summed E-state index contributed by atoms with van der Waals surface area (Å²) < 4.78 is 0. The van der Waals surface area contributed by atoms with Crippen LogP contribution in [0, 0.1) is 0 Å². The molecule has 0 saturated heterocycles. The maximum absolute atomic E-state index is 4.05. The summed E-state index contributed by atoms with van der Waals surface area (Å²) in [4.78, 5) is 6.48. The van der Waals surface area contributed by atoms with Crippen LogP contribution in [0.5, 0.6) is 0 Å². The molecule has 0 aliphatic heterocycles. The maximum atomic E-state index is 4.05. The summed E-state index contributed by atoms with van der Waals surface area (Å²) in [5.74, 6) is 0. The van der Waals surface area contributed by atoms with E-state index in [0.29, 0.717) is 6.04 Å². The first-order valence-electron chi connectivity index (χ1n) is 7.57. The summed E-state index contributed by atoms with van der Waals surface area (Å²) in [7, 11) is 2.22. The molecule has 0 spiro atoms. The van der Waals surface area contributed by atoms with Gasteiger partial charge in [-0.25, -0.2) is 0 Å². The first-order valence-corrected chi connectivity index (χ1v) is 7.57. The van der Waals surface area contributed by atoms with Crippen molar-refractivity contribution in [1.82, 2.24) is 15.2 Å². The lowest BCUT2D eigenvalue weighted by Crippen LogP contribution is -2.30. The average molecular weight is 263 g/mol. The Morgan fingerprint density at radius 2 is 1.95 bits per heavy atom. The van der Waals surface area contributed by atoms with Crippen molar-refractivity contribution in [1.29, 1.82) is 0 Å². The number of hydrogen-bond donors (Lipinski definition) is 1. The SMILES string of the molecule is CCNC(CC)CCCN(C)CCc1ccncc1. The van der Waals surface area contributed by atoms with Crippen LogP contribution in [0.4, 0.5) is 0 Å². The Morgan fingerprint density at radius 1 is 1.21 bits per heavy atom. The Balaban J connectivity index is 2.12. The third-order valence-corrected chi connectivity index (χ3v) is 3.61. The lowest BCUT2D eigenvalue weighted by atomic mass is 10.1. The molecule has 1 unspecified atom stereocenters. The molecule has 19 heavy (non-hydrogen) atoms. The van der Waals surface area contributed by atoms with Crippen molar-refractivity contribution in [2.45, 2.75) is 45.6 Å². The van der Waals surface area contributed by atoms with E-state index in [-0.39, 0.29) is 0 Å². The van der Waals surface area contributed by atoms with Crippen LogP contribution in [0.1, 0.15) is 38.7 Å². The van der Waals surface area contributed by atoms with Crippen molar-refractivity contribution >= 4 is 0 Å². The summed E-state index contributed by atoms with van der Waals surface area (Å²) in [5, 5.41) is 3.54.